The summed E-state index contributed by atoms with van der Waals surface area (Å²) in [5.74, 6) is -0.987. The van der Waals surface area contributed by atoms with Crippen molar-refractivity contribution in [1.82, 2.24) is 0 Å². The monoisotopic (exact) mass is 286 g/mol. The number of benzene rings is 1. The Balaban J connectivity index is 2.28. The minimum atomic E-state index is -0.987. The molecule has 0 heterocycles. The van der Waals surface area contributed by atoms with E-state index in [0.29, 0.717) is 24.8 Å². The van der Waals surface area contributed by atoms with Crippen molar-refractivity contribution in [2.45, 2.75) is 26.4 Å². The fourth-order valence-electron chi connectivity index (χ4n) is 1.45. The minimum absolute atomic E-state index is 0.177. The van der Waals surface area contributed by atoms with Gasteiger partial charge in [0.25, 0.3) is 0 Å². The van der Waals surface area contributed by atoms with Crippen molar-refractivity contribution in [2.24, 2.45) is 0 Å². The number of carboxylic acid groups (broad SMARTS) is 1. The molecule has 1 aromatic carbocycles. The summed E-state index contributed by atoms with van der Waals surface area (Å²) >= 11 is 5.98. The van der Waals surface area contributed by atoms with Crippen LogP contribution in [0, 0.1) is 0 Å². The van der Waals surface area contributed by atoms with E-state index in [1.54, 1.807) is 6.07 Å². The molecule has 0 bridgehead atoms. The van der Waals surface area contributed by atoms with E-state index in [0.717, 1.165) is 25.0 Å². The van der Waals surface area contributed by atoms with E-state index < -0.39 is 5.97 Å². The highest BCUT2D eigenvalue weighted by Gasteiger charge is 2.06. The topological polar surface area (TPSA) is 55.8 Å². The standard InChI is InChI=1S/C14H19ClO4/c1-2-3-6-18-7-8-19-10-12-5-4-11(14(16)17)9-13(12)15/h4-5,9H,2-3,6-8,10H2,1H3,(H,16,17). The summed E-state index contributed by atoms with van der Waals surface area (Å²) in [4.78, 5) is 10.7. The molecule has 0 aromatic heterocycles. The maximum atomic E-state index is 10.7. The molecule has 0 aliphatic carbocycles. The first-order valence-electron chi connectivity index (χ1n) is 6.32. The Morgan fingerprint density at radius 1 is 1.26 bits per heavy atom. The molecule has 0 saturated heterocycles. The largest absolute Gasteiger partial charge is 0.478 e. The smallest absolute Gasteiger partial charge is 0.335 e. The van der Waals surface area contributed by atoms with Gasteiger partial charge in [0.2, 0.25) is 0 Å². The molecule has 1 N–H and O–H groups in total. The molecular weight excluding hydrogens is 268 g/mol. The van der Waals surface area contributed by atoms with Gasteiger partial charge in [0.1, 0.15) is 0 Å². The van der Waals surface area contributed by atoms with Gasteiger partial charge in [-0.15, -0.1) is 0 Å². The Bertz CT molecular complexity index is 406. The normalized spacial score (nSPS) is 10.6. The van der Waals surface area contributed by atoms with E-state index in [1.807, 2.05) is 0 Å². The van der Waals surface area contributed by atoms with Crippen molar-refractivity contribution in [2.75, 3.05) is 19.8 Å². The van der Waals surface area contributed by atoms with Gasteiger partial charge in [-0.05, 0) is 24.1 Å². The van der Waals surface area contributed by atoms with E-state index in [4.69, 9.17) is 26.2 Å². The Morgan fingerprint density at radius 3 is 2.63 bits per heavy atom. The van der Waals surface area contributed by atoms with E-state index in [9.17, 15) is 4.79 Å². The number of ether oxygens (including phenoxy) is 2. The van der Waals surface area contributed by atoms with Crippen LogP contribution in [0.25, 0.3) is 0 Å². The molecule has 19 heavy (non-hydrogen) atoms. The first-order valence-corrected chi connectivity index (χ1v) is 6.70. The third kappa shape index (κ3) is 6.05. The predicted octanol–water partition coefficient (Wildman–Crippen LogP) is 3.37. The molecule has 0 radical (unpaired) electrons. The van der Waals surface area contributed by atoms with E-state index in [2.05, 4.69) is 6.92 Å². The Labute approximate surface area is 118 Å². The molecule has 0 unspecified atom stereocenters. The van der Waals surface area contributed by atoms with Crippen LogP contribution in [0.3, 0.4) is 0 Å². The number of unbranched alkanes of at least 4 members (excludes halogenated alkanes) is 1. The van der Waals surface area contributed by atoms with Gasteiger partial charge < -0.3 is 14.6 Å². The lowest BCUT2D eigenvalue weighted by molar-refractivity contribution is 0.0397. The fourth-order valence-corrected chi connectivity index (χ4v) is 1.68. The van der Waals surface area contributed by atoms with Crippen LogP contribution in [-0.2, 0) is 16.1 Å². The van der Waals surface area contributed by atoms with Crippen molar-refractivity contribution in [3.05, 3.63) is 34.3 Å². The van der Waals surface area contributed by atoms with Crippen molar-refractivity contribution in [1.29, 1.82) is 0 Å². The minimum Gasteiger partial charge on any atom is -0.478 e. The summed E-state index contributed by atoms with van der Waals surface area (Å²) in [5.41, 5.74) is 0.955. The van der Waals surface area contributed by atoms with Crippen LogP contribution in [0.15, 0.2) is 18.2 Å². The Kier molecular flexibility index (Phi) is 7.48. The molecule has 0 amide bonds. The van der Waals surface area contributed by atoms with Crippen LogP contribution in [0.5, 0.6) is 0 Å². The summed E-state index contributed by atoms with van der Waals surface area (Å²) in [7, 11) is 0. The SMILES string of the molecule is CCCCOCCOCc1ccc(C(=O)O)cc1Cl. The van der Waals surface area contributed by atoms with Gasteiger partial charge in [0.15, 0.2) is 0 Å². The van der Waals surface area contributed by atoms with Crippen molar-refractivity contribution in [3.8, 4) is 0 Å². The molecule has 0 saturated carbocycles. The first kappa shape index (κ1) is 16.0. The molecule has 4 nitrogen and oxygen atoms in total. The summed E-state index contributed by atoms with van der Waals surface area (Å²) in [6, 6.07) is 4.62. The Morgan fingerprint density at radius 2 is 2.00 bits per heavy atom. The summed E-state index contributed by atoms with van der Waals surface area (Å²) in [6.07, 6.45) is 2.18. The van der Waals surface area contributed by atoms with Crippen LogP contribution in [0.1, 0.15) is 35.7 Å². The number of hydrogen-bond donors (Lipinski definition) is 1. The van der Waals surface area contributed by atoms with Crippen LogP contribution in [0.4, 0.5) is 0 Å². The van der Waals surface area contributed by atoms with Gasteiger partial charge in [0, 0.05) is 11.6 Å². The fraction of sp³-hybridized carbons (Fsp3) is 0.500. The summed E-state index contributed by atoms with van der Waals surface area (Å²) in [6.45, 7) is 4.29. The van der Waals surface area contributed by atoms with Gasteiger partial charge >= 0.3 is 5.97 Å². The van der Waals surface area contributed by atoms with Crippen molar-refractivity contribution in [3.63, 3.8) is 0 Å². The second kappa shape index (κ2) is 8.91. The quantitative estimate of drug-likeness (QED) is 0.707. The highest BCUT2D eigenvalue weighted by atomic mass is 35.5. The van der Waals surface area contributed by atoms with Crippen molar-refractivity contribution >= 4 is 17.6 Å². The third-order valence-corrected chi connectivity index (χ3v) is 2.92. The zero-order valence-electron chi connectivity index (χ0n) is 11.0. The Hall–Kier alpha value is -1.10. The van der Waals surface area contributed by atoms with Crippen LogP contribution >= 0.6 is 11.6 Å². The van der Waals surface area contributed by atoms with Gasteiger partial charge in [-0.2, -0.15) is 0 Å². The second-order valence-corrected chi connectivity index (χ2v) is 4.54. The molecule has 0 atom stereocenters. The summed E-state index contributed by atoms with van der Waals surface area (Å²) < 4.78 is 10.8. The maximum absolute atomic E-state index is 10.7. The predicted molar refractivity (Wildman–Crippen MR) is 73.8 cm³/mol. The summed E-state index contributed by atoms with van der Waals surface area (Å²) in [5, 5.41) is 9.22. The van der Waals surface area contributed by atoms with Crippen LogP contribution in [-0.4, -0.2) is 30.9 Å². The zero-order valence-corrected chi connectivity index (χ0v) is 11.8. The molecule has 1 rings (SSSR count). The highest BCUT2D eigenvalue weighted by Crippen LogP contribution is 2.18. The number of carbonyl (C=O) groups is 1. The van der Waals surface area contributed by atoms with Crippen molar-refractivity contribution < 1.29 is 19.4 Å². The van der Waals surface area contributed by atoms with Gasteiger partial charge in [-0.1, -0.05) is 31.0 Å². The molecular formula is C14H19ClO4. The van der Waals surface area contributed by atoms with E-state index in [-0.39, 0.29) is 5.56 Å². The molecule has 0 aliphatic heterocycles. The lowest BCUT2D eigenvalue weighted by atomic mass is 10.1. The van der Waals surface area contributed by atoms with Gasteiger partial charge in [-0.25, -0.2) is 4.79 Å². The molecule has 106 valence electrons. The van der Waals surface area contributed by atoms with E-state index >= 15 is 0 Å². The number of halogens is 1. The highest BCUT2D eigenvalue weighted by molar-refractivity contribution is 6.31. The number of aromatic carboxylic acids is 1. The second-order valence-electron chi connectivity index (χ2n) is 4.13. The third-order valence-electron chi connectivity index (χ3n) is 2.57. The zero-order chi connectivity index (χ0) is 14.1. The molecule has 0 spiro atoms. The van der Waals surface area contributed by atoms with E-state index in [1.165, 1.54) is 12.1 Å². The van der Waals surface area contributed by atoms with Gasteiger partial charge in [-0.3, -0.25) is 0 Å². The number of rotatable bonds is 9. The first-order chi connectivity index (χ1) is 9.15. The molecule has 5 heteroatoms. The average Bonchev–Trinajstić information content (AvgIpc) is 2.39. The molecule has 0 aliphatic rings. The lowest BCUT2D eigenvalue weighted by Gasteiger charge is -2.07. The maximum Gasteiger partial charge on any atom is 0.335 e. The number of hydrogen-bond acceptors (Lipinski definition) is 3. The lowest BCUT2D eigenvalue weighted by Crippen LogP contribution is -2.06. The molecule has 1 aromatic rings. The van der Waals surface area contributed by atoms with Gasteiger partial charge in [0.05, 0.1) is 25.4 Å². The average molecular weight is 287 g/mol. The number of carboxylic acids is 1. The van der Waals surface area contributed by atoms with Crippen LogP contribution < -0.4 is 0 Å². The molecule has 0 fully saturated rings. The van der Waals surface area contributed by atoms with Crippen LogP contribution in [0.2, 0.25) is 5.02 Å².